The van der Waals surface area contributed by atoms with Gasteiger partial charge in [0.05, 0.1) is 6.54 Å². The Morgan fingerprint density at radius 1 is 1.29 bits per heavy atom. The van der Waals surface area contributed by atoms with Gasteiger partial charge in [0.25, 0.3) is 0 Å². The number of hydrogen-bond donors (Lipinski definition) is 2. The number of benzene rings is 1. The molecule has 9 heteroatoms. The summed E-state index contributed by atoms with van der Waals surface area (Å²) < 4.78 is 16.1. The summed E-state index contributed by atoms with van der Waals surface area (Å²) in [6.45, 7) is 0.944. The van der Waals surface area contributed by atoms with Crippen molar-refractivity contribution >= 4 is 22.5 Å². The number of carbonyl (C=O) groups is 1. The van der Waals surface area contributed by atoms with Crippen LogP contribution in [0.4, 0.5) is 9.93 Å². The van der Waals surface area contributed by atoms with Crippen LogP contribution in [0.15, 0.2) is 18.2 Å². The Morgan fingerprint density at radius 2 is 2.17 bits per heavy atom. The van der Waals surface area contributed by atoms with E-state index in [-0.39, 0.29) is 12.8 Å². The molecular formula is C15H16N4O4S. The number of ether oxygens (including phenoxy) is 3. The first-order valence-corrected chi connectivity index (χ1v) is 8.50. The first-order valence-electron chi connectivity index (χ1n) is 7.68. The summed E-state index contributed by atoms with van der Waals surface area (Å²) in [4.78, 5) is 11.8. The second-order valence-electron chi connectivity index (χ2n) is 5.46. The zero-order chi connectivity index (χ0) is 16.4. The molecule has 0 spiro atoms. The summed E-state index contributed by atoms with van der Waals surface area (Å²) in [6, 6.07) is 5.05. The second-order valence-corrected chi connectivity index (χ2v) is 6.47. The number of nitrogens with zero attached hydrogens (tertiary/aromatic N) is 2. The van der Waals surface area contributed by atoms with Crippen molar-refractivity contribution in [1.82, 2.24) is 15.5 Å². The van der Waals surface area contributed by atoms with Gasteiger partial charge in [0, 0.05) is 12.0 Å². The first kappa shape index (κ1) is 15.0. The molecule has 4 rings (SSSR count). The SMILES string of the molecule is O=C(NCCOc1ccc2c(c1)OCO2)Nc1nnc(C2CC2)s1. The van der Waals surface area contributed by atoms with Crippen molar-refractivity contribution in [2.75, 3.05) is 25.3 Å². The molecular weight excluding hydrogens is 332 g/mol. The Kier molecular flexibility index (Phi) is 4.08. The summed E-state index contributed by atoms with van der Waals surface area (Å²) in [7, 11) is 0. The highest BCUT2D eigenvalue weighted by atomic mass is 32.1. The van der Waals surface area contributed by atoms with E-state index in [1.54, 1.807) is 18.2 Å². The normalized spacial score (nSPS) is 15.2. The van der Waals surface area contributed by atoms with Gasteiger partial charge in [-0.15, -0.1) is 10.2 Å². The number of amides is 2. The molecule has 2 aliphatic rings. The minimum absolute atomic E-state index is 0.231. The third-order valence-electron chi connectivity index (χ3n) is 3.59. The summed E-state index contributed by atoms with van der Waals surface area (Å²) >= 11 is 1.43. The van der Waals surface area contributed by atoms with Crippen molar-refractivity contribution in [2.24, 2.45) is 0 Å². The highest BCUT2D eigenvalue weighted by Gasteiger charge is 2.27. The average molecular weight is 348 g/mol. The molecule has 0 saturated heterocycles. The highest BCUT2D eigenvalue weighted by molar-refractivity contribution is 7.15. The Labute approximate surface area is 142 Å². The maximum atomic E-state index is 11.8. The van der Waals surface area contributed by atoms with Gasteiger partial charge in [-0.3, -0.25) is 5.32 Å². The van der Waals surface area contributed by atoms with E-state index < -0.39 is 0 Å². The zero-order valence-electron chi connectivity index (χ0n) is 12.8. The lowest BCUT2D eigenvalue weighted by Gasteiger charge is -2.08. The molecule has 1 saturated carbocycles. The van der Waals surface area contributed by atoms with E-state index in [9.17, 15) is 4.79 Å². The predicted octanol–water partition coefficient (Wildman–Crippen LogP) is 2.34. The summed E-state index contributed by atoms with van der Waals surface area (Å²) in [5.74, 6) is 2.58. The molecule has 24 heavy (non-hydrogen) atoms. The summed E-state index contributed by atoms with van der Waals surface area (Å²) in [5.41, 5.74) is 0. The largest absolute Gasteiger partial charge is 0.492 e. The summed E-state index contributed by atoms with van der Waals surface area (Å²) in [6.07, 6.45) is 2.33. The van der Waals surface area contributed by atoms with E-state index in [4.69, 9.17) is 14.2 Å². The van der Waals surface area contributed by atoms with Crippen LogP contribution in [0.2, 0.25) is 0 Å². The predicted molar refractivity (Wildman–Crippen MR) is 87.0 cm³/mol. The van der Waals surface area contributed by atoms with Crippen LogP contribution in [-0.4, -0.2) is 36.2 Å². The number of fused-ring (bicyclic) bond motifs is 1. The minimum atomic E-state index is -0.317. The minimum Gasteiger partial charge on any atom is -0.492 e. The van der Waals surface area contributed by atoms with E-state index >= 15 is 0 Å². The number of aromatic nitrogens is 2. The van der Waals surface area contributed by atoms with E-state index in [1.165, 1.54) is 11.3 Å². The molecule has 0 unspecified atom stereocenters. The maximum absolute atomic E-state index is 11.8. The van der Waals surface area contributed by atoms with Gasteiger partial charge in [0.2, 0.25) is 11.9 Å². The van der Waals surface area contributed by atoms with Crippen molar-refractivity contribution < 1.29 is 19.0 Å². The van der Waals surface area contributed by atoms with E-state index in [2.05, 4.69) is 20.8 Å². The van der Waals surface area contributed by atoms with Crippen LogP contribution in [0.1, 0.15) is 23.8 Å². The zero-order valence-corrected chi connectivity index (χ0v) is 13.6. The van der Waals surface area contributed by atoms with Crippen LogP contribution < -0.4 is 24.8 Å². The van der Waals surface area contributed by atoms with E-state index in [0.29, 0.717) is 41.4 Å². The standard InChI is InChI=1S/C15H16N4O4S/c20-14(17-15-19-18-13(24-15)9-1-2-9)16-5-6-21-10-3-4-11-12(7-10)23-8-22-11/h3-4,7,9H,1-2,5-6,8H2,(H2,16,17,19,20). The van der Waals surface area contributed by atoms with Gasteiger partial charge in [-0.2, -0.15) is 0 Å². The Hall–Kier alpha value is -2.55. The van der Waals surface area contributed by atoms with Crippen molar-refractivity contribution in [1.29, 1.82) is 0 Å². The lowest BCUT2D eigenvalue weighted by molar-refractivity contribution is 0.173. The molecule has 2 amide bonds. The molecule has 1 aliphatic heterocycles. The van der Waals surface area contributed by atoms with Crippen LogP contribution >= 0.6 is 11.3 Å². The van der Waals surface area contributed by atoms with Crippen molar-refractivity contribution in [3.63, 3.8) is 0 Å². The van der Waals surface area contributed by atoms with Gasteiger partial charge in [-0.05, 0) is 25.0 Å². The fourth-order valence-corrected chi connectivity index (χ4v) is 3.13. The van der Waals surface area contributed by atoms with Crippen molar-refractivity contribution in [3.8, 4) is 17.2 Å². The Balaban J connectivity index is 1.18. The smallest absolute Gasteiger partial charge is 0.321 e. The fourth-order valence-electron chi connectivity index (χ4n) is 2.22. The van der Waals surface area contributed by atoms with E-state index in [1.807, 2.05) is 0 Å². The molecule has 2 N–H and O–H groups in total. The molecule has 8 nitrogen and oxygen atoms in total. The van der Waals surface area contributed by atoms with E-state index in [0.717, 1.165) is 17.8 Å². The van der Waals surface area contributed by atoms with Gasteiger partial charge in [-0.25, -0.2) is 4.79 Å². The van der Waals surface area contributed by atoms with Gasteiger partial charge in [0.1, 0.15) is 17.4 Å². The maximum Gasteiger partial charge on any atom is 0.321 e. The topological polar surface area (TPSA) is 94.6 Å². The number of carbonyl (C=O) groups excluding carboxylic acids is 1. The number of anilines is 1. The molecule has 1 fully saturated rings. The molecule has 2 heterocycles. The quantitative estimate of drug-likeness (QED) is 0.778. The molecule has 126 valence electrons. The molecule has 1 aromatic carbocycles. The summed E-state index contributed by atoms with van der Waals surface area (Å²) in [5, 5.41) is 15.0. The third kappa shape index (κ3) is 3.51. The van der Waals surface area contributed by atoms with Gasteiger partial charge >= 0.3 is 6.03 Å². The van der Waals surface area contributed by atoms with Crippen LogP contribution in [0, 0.1) is 0 Å². The highest BCUT2D eigenvalue weighted by Crippen LogP contribution is 2.42. The lowest BCUT2D eigenvalue weighted by atomic mass is 10.3. The molecule has 0 bridgehead atoms. The van der Waals surface area contributed by atoms with Gasteiger partial charge < -0.3 is 19.5 Å². The fraction of sp³-hybridized carbons (Fsp3) is 0.400. The first-order chi connectivity index (χ1) is 11.8. The molecule has 0 radical (unpaired) electrons. The van der Waals surface area contributed by atoms with Gasteiger partial charge in [0.15, 0.2) is 11.5 Å². The molecule has 1 aliphatic carbocycles. The lowest BCUT2D eigenvalue weighted by Crippen LogP contribution is -2.32. The second kappa shape index (κ2) is 6.52. The van der Waals surface area contributed by atoms with Crippen LogP contribution in [0.3, 0.4) is 0 Å². The average Bonchev–Trinajstić information content (AvgIpc) is 3.15. The monoisotopic (exact) mass is 348 g/mol. The van der Waals surface area contributed by atoms with Crippen LogP contribution in [0.25, 0.3) is 0 Å². The van der Waals surface area contributed by atoms with Crippen molar-refractivity contribution in [3.05, 3.63) is 23.2 Å². The third-order valence-corrected chi connectivity index (χ3v) is 4.59. The Bertz CT molecular complexity index is 747. The Morgan fingerprint density at radius 3 is 3.04 bits per heavy atom. The molecule has 0 atom stereocenters. The number of rotatable bonds is 6. The number of urea groups is 1. The number of nitrogens with one attached hydrogen (secondary N) is 2. The van der Waals surface area contributed by atoms with Crippen molar-refractivity contribution in [2.45, 2.75) is 18.8 Å². The molecule has 2 aromatic rings. The van der Waals surface area contributed by atoms with Crippen LogP contribution in [-0.2, 0) is 0 Å². The van der Waals surface area contributed by atoms with Gasteiger partial charge in [-0.1, -0.05) is 11.3 Å². The van der Waals surface area contributed by atoms with Crippen LogP contribution in [0.5, 0.6) is 17.2 Å². The molecule has 1 aromatic heterocycles. The number of hydrogen-bond acceptors (Lipinski definition) is 7.